The predicted molar refractivity (Wildman–Crippen MR) is 86.1 cm³/mol. The molecule has 6 heteroatoms. The van der Waals surface area contributed by atoms with Crippen LogP contribution in [0.5, 0.6) is 0 Å². The van der Waals surface area contributed by atoms with Crippen LogP contribution in [0, 0.1) is 5.92 Å². The maximum Gasteiger partial charge on any atom is 0.516 e. The van der Waals surface area contributed by atoms with Crippen LogP contribution in [0.3, 0.4) is 0 Å². The Hall–Kier alpha value is -1.59. The highest BCUT2D eigenvalue weighted by Crippen LogP contribution is 2.11. The second-order valence-corrected chi connectivity index (χ2v) is 6.15. The molecule has 0 aliphatic heterocycles. The van der Waals surface area contributed by atoms with Crippen molar-refractivity contribution in [2.24, 2.45) is 5.92 Å². The fraction of sp³-hybridized carbons (Fsp3) is 0.824. The minimum atomic E-state index is -0.912. The lowest BCUT2D eigenvalue weighted by atomic mass is 10.1. The molecule has 0 heterocycles. The van der Waals surface area contributed by atoms with Crippen LogP contribution in [0.2, 0.25) is 0 Å². The molecule has 0 radical (unpaired) electrons. The Morgan fingerprint density at radius 1 is 0.826 bits per heavy atom. The molecule has 6 nitrogen and oxygen atoms in total. The third kappa shape index (κ3) is 16.6. The van der Waals surface area contributed by atoms with Crippen molar-refractivity contribution in [1.29, 1.82) is 0 Å². The lowest BCUT2D eigenvalue weighted by molar-refractivity contribution is -0.140. The average molecular weight is 330 g/mol. The maximum atomic E-state index is 11.4. The molecule has 0 fully saturated rings. The molecule has 0 saturated heterocycles. The summed E-state index contributed by atoms with van der Waals surface area (Å²) < 4.78 is 9.31. The first-order valence-corrected chi connectivity index (χ1v) is 8.51. The number of hydrogen-bond donors (Lipinski definition) is 1. The molecular weight excluding hydrogens is 300 g/mol. The minimum absolute atomic E-state index is 0.210. The van der Waals surface area contributed by atoms with Gasteiger partial charge in [0, 0.05) is 12.8 Å². The van der Waals surface area contributed by atoms with Gasteiger partial charge in [0.2, 0.25) is 0 Å². The number of ether oxygens (including phenoxy) is 2. The fourth-order valence-electron chi connectivity index (χ4n) is 2.01. The Balaban J connectivity index is 3.35. The number of rotatable bonds is 13. The van der Waals surface area contributed by atoms with Gasteiger partial charge in [-0.05, 0) is 18.8 Å². The van der Waals surface area contributed by atoms with Gasteiger partial charge in [-0.3, -0.25) is 9.59 Å². The van der Waals surface area contributed by atoms with Crippen molar-refractivity contribution < 1.29 is 29.0 Å². The smallest absolute Gasteiger partial charge is 0.481 e. The van der Waals surface area contributed by atoms with Crippen molar-refractivity contribution in [3.63, 3.8) is 0 Å². The van der Waals surface area contributed by atoms with Gasteiger partial charge in [-0.15, -0.1) is 0 Å². The first kappa shape index (κ1) is 21.4. The van der Waals surface area contributed by atoms with Crippen molar-refractivity contribution >= 4 is 18.1 Å². The molecule has 23 heavy (non-hydrogen) atoms. The molecule has 0 spiro atoms. The van der Waals surface area contributed by atoms with Crippen LogP contribution in [-0.2, 0) is 19.1 Å². The van der Waals surface area contributed by atoms with Crippen LogP contribution in [0.1, 0.15) is 78.1 Å². The van der Waals surface area contributed by atoms with Crippen LogP contribution in [0.25, 0.3) is 0 Å². The molecule has 0 aromatic rings. The molecule has 0 aliphatic rings. The van der Waals surface area contributed by atoms with Crippen molar-refractivity contribution in [3.8, 4) is 0 Å². The first-order chi connectivity index (χ1) is 10.9. The van der Waals surface area contributed by atoms with E-state index in [1.165, 1.54) is 0 Å². The zero-order valence-electron chi connectivity index (χ0n) is 14.3. The van der Waals surface area contributed by atoms with E-state index >= 15 is 0 Å². The number of hydrogen-bond acceptors (Lipinski definition) is 5. The molecule has 0 bridgehead atoms. The lowest BCUT2D eigenvalue weighted by Gasteiger charge is -2.06. The number of carboxylic acid groups (broad SMARTS) is 1. The normalized spacial score (nSPS) is 10.6. The second kappa shape index (κ2) is 14.0. The van der Waals surface area contributed by atoms with E-state index in [-0.39, 0.29) is 25.4 Å². The van der Waals surface area contributed by atoms with E-state index in [0.717, 1.165) is 44.9 Å². The van der Waals surface area contributed by atoms with Gasteiger partial charge >= 0.3 is 18.1 Å². The van der Waals surface area contributed by atoms with E-state index in [1.54, 1.807) is 0 Å². The van der Waals surface area contributed by atoms with Crippen LogP contribution >= 0.6 is 0 Å². The quantitative estimate of drug-likeness (QED) is 0.307. The minimum Gasteiger partial charge on any atom is -0.481 e. The lowest BCUT2D eigenvalue weighted by Crippen LogP contribution is -2.16. The monoisotopic (exact) mass is 330 g/mol. The highest BCUT2D eigenvalue weighted by molar-refractivity contribution is 5.81. The first-order valence-electron chi connectivity index (χ1n) is 8.51. The fourth-order valence-corrected chi connectivity index (χ4v) is 2.01. The third-order valence-electron chi connectivity index (χ3n) is 3.25. The summed E-state index contributed by atoms with van der Waals surface area (Å²) in [5.74, 6) is -1.06. The SMILES string of the molecule is CC(C)COC(=O)OC(=O)CCCCCCCCCCC(=O)O. The third-order valence-corrected chi connectivity index (χ3v) is 3.25. The summed E-state index contributed by atoms with van der Waals surface area (Å²) in [5.41, 5.74) is 0. The number of unbranched alkanes of at least 4 members (excludes halogenated alkanes) is 7. The Bertz CT molecular complexity index is 351. The maximum absolute atomic E-state index is 11.4. The molecule has 0 aromatic heterocycles. The summed E-state index contributed by atoms with van der Waals surface area (Å²) in [6, 6.07) is 0. The van der Waals surface area contributed by atoms with E-state index in [4.69, 9.17) is 9.84 Å². The van der Waals surface area contributed by atoms with Crippen molar-refractivity contribution in [3.05, 3.63) is 0 Å². The summed E-state index contributed by atoms with van der Waals surface area (Å²) in [7, 11) is 0. The molecule has 0 atom stereocenters. The number of carboxylic acids is 1. The van der Waals surface area contributed by atoms with E-state index in [9.17, 15) is 14.4 Å². The topological polar surface area (TPSA) is 89.9 Å². The number of aliphatic carboxylic acids is 1. The predicted octanol–water partition coefficient (Wildman–Crippen LogP) is 4.31. The largest absolute Gasteiger partial charge is 0.516 e. The molecule has 134 valence electrons. The number of carbonyl (C=O) groups is 3. The zero-order chi connectivity index (χ0) is 17.5. The molecule has 0 aliphatic carbocycles. The van der Waals surface area contributed by atoms with Crippen LogP contribution < -0.4 is 0 Å². The number of carbonyl (C=O) groups excluding carboxylic acids is 2. The Morgan fingerprint density at radius 3 is 1.78 bits per heavy atom. The Morgan fingerprint density at radius 2 is 1.30 bits per heavy atom. The molecular formula is C17H30O6. The standard InChI is InChI=1S/C17H30O6/c1-14(2)13-22-17(21)23-16(20)12-10-8-6-4-3-5-7-9-11-15(18)19/h14H,3-13H2,1-2H3,(H,18,19). The van der Waals surface area contributed by atoms with Gasteiger partial charge in [-0.2, -0.15) is 0 Å². The van der Waals surface area contributed by atoms with Gasteiger partial charge in [-0.25, -0.2) is 4.79 Å². The molecule has 0 unspecified atom stereocenters. The summed E-state index contributed by atoms with van der Waals surface area (Å²) in [4.78, 5) is 32.9. The van der Waals surface area contributed by atoms with E-state index in [2.05, 4.69) is 4.74 Å². The Kier molecular flexibility index (Phi) is 13.1. The van der Waals surface area contributed by atoms with Gasteiger partial charge < -0.3 is 14.6 Å². The van der Waals surface area contributed by atoms with E-state index in [0.29, 0.717) is 6.42 Å². The zero-order valence-corrected chi connectivity index (χ0v) is 14.3. The number of esters is 1. The van der Waals surface area contributed by atoms with Gasteiger partial charge in [-0.1, -0.05) is 52.4 Å². The van der Waals surface area contributed by atoms with Gasteiger partial charge in [0.25, 0.3) is 0 Å². The van der Waals surface area contributed by atoms with E-state index < -0.39 is 18.1 Å². The highest BCUT2D eigenvalue weighted by atomic mass is 16.7. The van der Waals surface area contributed by atoms with Crippen LogP contribution in [0.15, 0.2) is 0 Å². The van der Waals surface area contributed by atoms with Gasteiger partial charge in [0.05, 0.1) is 6.61 Å². The molecule has 0 rings (SSSR count). The van der Waals surface area contributed by atoms with Crippen LogP contribution in [-0.4, -0.2) is 29.8 Å². The van der Waals surface area contributed by atoms with Crippen molar-refractivity contribution in [1.82, 2.24) is 0 Å². The Labute approximate surface area is 138 Å². The second-order valence-electron chi connectivity index (χ2n) is 6.15. The molecule has 0 aromatic carbocycles. The van der Waals surface area contributed by atoms with Gasteiger partial charge in [0.15, 0.2) is 0 Å². The summed E-state index contributed by atoms with van der Waals surface area (Å²) in [6.07, 6.45) is 7.15. The highest BCUT2D eigenvalue weighted by Gasteiger charge is 2.11. The summed E-state index contributed by atoms with van der Waals surface area (Å²) in [5, 5.41) is 8.50. The average Bonchev–Trinajstić information content (AvgIpc) is 2.46. The van der Waals surface area contributed by atoms with Crippen LogP contribution in [0.4, 0.5) is 4.79 Å². The summed E-state index contributed by atoms with van der Waals surface area (Å²) in [6.45, 7) is 4.06. The summed E-state index contributed by atoms with van der Waals surface area (Å²) >= 11 is 0. The van der Waals surface area contributed by atoms with E-state index in [1.807, 2.05) is 13.8 Å². The molecule has 1 N–H and O–H groups in total. The molecule has 0 amide bonds. The van der Waals surface area contributed by atoms with Gasteiger partial charge in [0.1, 0.15) is 0 Å². The molecule has 0 saturated carbocycles. The van der Waals surface area contributed by atoms with Crippen molar-refractivity contribution in [2.45, 2.75) is 78.1 Å². The van der Waals surface area contributed by atoms with Crippen molar-refractivity contribution in [2.75, 3.05) is 6.61 Å².